The van der Waals surface area contributed by atoms with Gasteiger partial charge in [-0.25, -0.2) is 0 Å². The molecule has 1 rings (SSSR count). The van der Waals surface area contributed by atoms with Crippen LogP contribution in [0, 0.1) is 17.0 Å². The molecule has 0 unspecified atom stereocenters. The monoisotopic (exact) mass is 265 g/mol. The number of nitro benzene ring substituents is 1. The SMILES string of the molecule is Cc1c(NCCC(=O)NC(C)C)cccc1[N+](=O)[O-]. The molecule has 0 aromatic heterocycles. The van der Waals surface area contributed by atoms with Gasteiger partial charge in [0, 0.05) is 36.3 Å². The lowest BCUT2D eigenvalue weighted by Crippen LogP contribution is -2.31. The Kier molecular flexibility index (Phi) is 5.29. The fourth-order valence-electron chi connectivity index (χ4n) is 1.72. The maximum absolute atomic E-state index is 11.4. The summed E-state index contributed by atoms with van der Waals surface area (Å²) in [5.41, 5.74) is 1.35. The van der Waals surface area contributed by atoms with Crippen molar-refractivity contribution in [3.63, 3.8) is 0 Å². The van der Waals surface area contributed by atoms with Crippen molar-refractivity contribution in [3.05, 3.63) is 33.9 Å². The highest BCUT2D eigenvalue weighted by molar-refractivity contribution is 5.76. The number of nitro groups is 1. The summed E-state index contributed by atoms with van der Waals surface area (Å²) in [5, 5.41) is 16.6. The number of hydrogen-bond acceptors (Lipinski definition) is 4. The minimum Gasteiger partial charge on any atom is -0.384 e. The average Bonchev–Trinajstić information content (AvgIpc) is 2.30. The molecule has 1 amide bonds. The zero-order chi connectivity index (χ0) is 14.4. The molecule has 0 heterocycles. The molecule has 0 bridgehead atoms. The summed E-state index contributed by atoms with van der Waals surface area (Å²) in [6, 6.07) is 4.98. The molecule has 1 aromatic rings. The second-order valence-electron chi connectivity index (χ2n) is 4.61. The molecule has 2 N–H and O–H groups in total. The molecule has 0 radical (unpaired) electrons. The molecule has 1 aromatic carbocycles. The van der Waals surface area contributed by atoms with Gasteiger partial charge in [-0.2, -0.15) is 0 Å². The van der Waals surface area contributed by atoms with E-state index in [1.807, 2.05) is 13.8 Å². The number of benzene rings is 1. The predicted molar refractivity (Wildman–Crippen MR) is 74.2 cm³/mol. The van der Waals surface area contributed by atoms with Gasteiger partial charge >= 0.3 is 0 Å². The highest BCUT2D eigenvalue weighted by Gasteiger charge is 2.13. The van der Waals surface area contributed by atoms with Crippen LogP contribution in [0.1, 0.15) is 25.8 Å². The van der Waals surface area contributed by atoms with E-state index in [4.69, 9.17) is 0 Å². The normalized spacial score (nSPS) is 10.3. The lowest BCUT2D eigenvalue weighted by molar-refractivity contribution is -0.385. The van der Waals surface area contributed by atoms with Crippen LogP contribution in [0.4, 0.5) is 11.4 Å². The summed E-state index contributed by atoms with van der Waals surface area (Å²) in [6.45, 7) is 5.93. The molecular formula is C13H19N3O3. The van der Waals surface area contributed by atoms with Gasteiger partial charge in [-0.3, -0.25) is 14.9 Å². The molecule has 0 aliphatic heterocycles. The number of anilines is 1. The van der Waals surface area contributed by atoms with Gasteiger partial charge in [-0.15, -0.1) is 0 Å². The van der Waals surface area contributed by atoms with Crippen molar-refractivity contribution < 1.29 is 9.72 Å². The highest BCUT2D eigenvalue weighted by Crippen LogP contribution is 2.24. The molecule has 0 fully saturated rings. The first-order chi connectivity index (χ1) is 8.91. The molecule has 0 atom stereocenters. The Labute approximate surface area is 112 Å². The quantitative estimate of drug-likeness (QED) is 0.610. The molecule has 0 saturated carbocycles. The van der Waals surface area contributed by atoms with E-state index in [9.17, 15) is 14.9 Å². The second-order valence-corrected chi connectivity index (χ2v) is 4.61. The van der Waals surface area contributed by atoms with E-state index in [1.165, 1.54) is 6.07 Å². The van der Waals surface area contributed by atoms with Crippen LogP contribution in [0.2, 0.25) is 0 Å². The van der Waals surface area contributed by atoms with Crippen molar-refractivity contribution >= 4 is 17.3 Å². The highest BCUT2D eigenvalue weighted by atomic mass is 16.6. The number of rotatable bonds is 6. The summed E-state index contributed by atoms with van der Waals surface area (Å²) < 4.78 is 0. The fraction of sp³-hybridized carbons (Fsp3) is 0.462. The zero-order valence-corrected chi connectivity index (χ0v) is 11.4. The summed E-state index contributed by atoms with van der Waals surface area (Å²) in [5.74, 6) is -0.0365. The van der Waals surface area contributed by atoms with Crippen LogP contribution >= 0.6 is 0 Å². The summed E-state index contributed by atoms with van der Waals surface area (Å²) in [6.07, 6.45) is 0.334. The van der Waals surface area contributed by atoms with Crippen LogP contribution in [0.3, 0.4) is 0 Å². The lowest BCUT2D eigenvalue weighted by Gasteiger charge is -2.11. The Morgan fingerprint density at radius 3 is 2.68 bits per heavy atom. The average molecular weight is 265 g/mol. The van der Waals surface area contributed by atoms with Crippen molar-refractivity contribution in [2.45, 2.75) is 33.2 Å². The molecule has 104 valence electrons. The molecule has 6 heteroatoms. The Morgan fingerprint density at radius 1 is 1.42 bits per heavy atom. The Morgan fingerprint density at radius 2 is 2.11 bits per heavy atom. The van der Waals surface area contributed by atoms with E-state index in [0.29, 0.717) is 24.2 Å². The van der Waals surface area contributed by atoms with Gasteiger partial charge in [-0.1, -0.05) is 6.07 Å². The first-order valence-corrected chi connectivity index (χ1v) is 6.19. The molecule has 6 nitrogen and oxygen atoms in total. The van der Waals surface area contributed by atoms with E-state index < -0.39 is 4.92 Å². The van der Waals surface area contributed by atoms with Gasteiger partial charge in [-0.05, 0) is 26.8 Å². The summed E-state index contributed by atoms with van der Waals surface area (Å²) in [4.78, 5) is 21.8. The van der Waals surface area contributed by atoms with Gasteiger partial charge in [0.1, 0.15) is 0 Å². The van der Waals surface area contributed by atoms with E-state index in [1.54, 1.807) is 19.1 Å². The number of carbonyl (C=O) groups is 1. The first-order valence-electron chi connectivity index (χ1n) is 6.19. The summed E-state index contributed by atoms with van der Waals surface area (Å²) >= 11 is 0. The van der Waals surface area contributed by atoms with E-state index >= 15 is 0 Å². The van der Waals surface area contributed by atoms with Crippen LogP contribution in [-0.2, 0) is 4.79 Å². The molecule has 0 aliphatic carbocycles. The van der Waals surface area contributed by atoms with Crippen molar-refractivity contribution in [2.24, 2.45) is 0 Å². The third-order valence-electron chi connectivity index (χ3n) is 2.62. The van der Waals surface area contributed by atoms with E-state index in [2.05, 4.69) is 10.6 Å². The Balaban J connectivity index is 2.57. The van der Waals surface area contributed by atoms with E-state index in [-0.39, 0.29) is 17.6 Å². The maximum Gasteiger partial charge on any atom is 0.274 e. The number of nitrogens with zero attached hydrogens (tertiary/aromatic N) is 1. The Bertz CT molecular complexity index is 472. The number of nitrogens with one attached hydrogen (secondary N) is 2. The van der Waals surface area contributed by atoms with E-state index in [0.717, 1.165) is 0 Å². The minimum absolute atomic E-state index is 0.0365. The van der Waals surface area contributed by atoms with Crippen molar-refractivity contribution in [2.75, 3.05) is 11.9 Å². The van der Waals surface area contributed by atoms with Crippen molar-refractivity contribution in [3.8, 4) is 0 Å². The molecule has 0 spiro atoms. The molecule has 19 heavy (non-hydrogen) atoms. The number of hydrogen-bond donors (Lipinski definition) is 2. The van der Waals surface area contributed by atoms with Gasteiger partial charge < -0.3 is 10.6 Å². The second kappa shape index (κ2) is 6.72. The molecular weight excluding hydrogens is 246 g/mol. The van der Waals surface area contributed by atoms with Crippen LogP contribution in [0.25, 0.3) is 0 Å². The van der Waals surface area contributed by atoms with Crippen molar-refractivity contribution in [1.82, 2.24) is 5.32 Å². The topological polar surface area (TPSA) is 84.3 Å². The lowest BCUT2D eigenvalue weighted by atomic mass is 10.1. The number of carbonyl (C=O) groups excluding carboxylic acids is 1. The first kappa shape index (κ1) is 14.9. The third kappa shape index (κ3) is 4.57. The molecule has 0 saturated heterocycles. The Hall–Kier alpha value is -2.11. The van der Waals surface area contributed by atoms with Gasteiger partial charge in [0.15, 0.2) is 0 Å². The number of amides is 1. The smallest absolute Gasteiger partial charge is 0.274 e. The maximum atomic E-state index is 11.4. The third-order valence-corrected chi connectivity index (χ3v) is 2.62. The van der Waals surface area contributed by atoms with Crippen LogP contribution in [0.15, 0.2) is 18.2 Å². The fourth-order valence-corrected chi connectivity index (χ4v) is 1.72. The van der Waals surface area contributed by atoms with Gasteiger partial charge in [0.25, 0.3) is 5.69 Å². The van der Waals surface area contributed by atoms with Crippen LogP contribution in [0.5, 0.6) is 0 Å². The zero-order valence-electron chi connectivity index (χ0n) is 11.4. The standard InChI is InChI=1S/C13H19N3O3/c1-9(2)15-13(17)7-8-14-11-5-4-6-12(10(11)3)16(18)19/h4-6,9,14H,7-8H2,1-3H3,(H,15,17). The minimum atomic E-state index is -0.411. The van der Waals surface area contributed by atoms with Gasteiger partial charge in [0.2, 0.25) is 5.91 Å². The van der Waals surface area contributed by atoms with Crippen LogP contribution < -0.4 is 10.6 Å². The van der Waals surface area contributed by atoms with Crippen molar-refractivity contribution in [1.29, 1.82) is 0 Å². The largest absolute Gasteiger partial charge is 0.384 e. The van der Waals surface area contributed by atoms with Gasteiger partial charge in [0.05, 0.1) is 4.92 Å². The molecule has 0 aliphatic rings. The summed E-state index contributed by atoms with van der Waals surface area (Å²) in [7, 11) is 0. The predicted octanol–water partition coefficient (Wildman–Crippen LogP) is 2.23. The van der Waals surface area contributed by atoms with Crippen LogP contribution in [-0.4, -0.2) is 23.4 Å².